The highest BCUT2D eigenvalue weighted by atomic mass is 16.6. The van der Waals surface area contributed by atoms with Gasteiger partial charge >= 0.3 is 12.2 Å². The molecule has 1 aromatic carbocycles. The Morgan fingerprint density at radius 3 is 2.79 bits per heavy atom. The molecule has 4 rings (SSSR count). The Balaban J connectivity index is 1.53. The highest BCUT2D eigenvalue weighted by Gasteiger charge is 2.36. The number of hydrogen-bond donors (Lipinski definition) is 1. The third-order valence-electron chi connectivity index (χ3n) is 6.54. The molecule has 1 N–H and O–H groups in total. The van der Waals surface area contributed by atoms with Crippen LogP contribution < -0.4 is 5.32 Å². The summed E-state index contributed by atoms with van der Waals surface area (Å²) in [6.45, 7) is 6.02. The van der Waals surface area contributed by atoms with Gasteiger partial charge < -0.3 is 24.6 Å². The van der Waals surface area contributed by atoms with E-state index in [4.69, 9.17) is 9.47 Å². The Kier molecular flexibility index (Phi) is 7.20. The summed E-state index contributed by atoms with van der Waals surface area (Å²) in [5, 5.41) is 2.72. The number of ether oxygens (including phenoxy) is 2. The summed E-state index contributed by atoms with van der Waals surface area (Å²) in [5.41, 5.74) is 3.50. The zero-order chi connectivity index (χ0) is 23.4. The predicted molar refractivity (Wildman–Crippen MR) is 123 cm³/mol. The molecule has 0 aliphatic carbocycles. The maximum atomic E-state index is 13.1. The maximum absolute atomic E-state index is 13.1. The van der Waals surface area contributed by atoms with Crippen molar-refractivity contribution in [1.29, 1.82) is 0 Å². The van der Waals surface area contributed by atoms with E-state index >= 15 is 0 Å². The Labute approximate surface area is 194 Å². The van der Waals surface area contributed by atoms with Gasteiger partial charge in [0.2, 0.25) is 5.91 Å². The van der Waals surface area contributed by atoms with Crippen molar-refractivity contribution in [2.24, 2.45) is 5.92 Å². The average Bonchev–Trinajstić information content (AvgIpc) is 3.26. The first kappa shape index (κ1) is 23.1. The molecule has 1 fully saturated rings. The minimum absolute atomic E-state index is 0.0928. The molecule has 0 radical (unpaired) electrons. The number of hydrogen-bond acceptors (Lipinski definition) is 5. The fourth-order valence-corrected chi connectivity index (χ4v) is 4.62. The largest absolute Gasteiger partial charge is 0.450 e. The van der Waals surface area contributed by atoms with Crippen LogP contribution in [0.25, 0.3) is 6.08 Å². The van der Waals surface area contributed by atoms with Crippen LogP contribution in [0.2, 0.25) is 0 Å². The van der Waals surface area contributed by atoms with Crippen molar-refractivity contribution >= 4 is 24.2 Å². The number of allylic oxidation sites excluding steroid dienone is 1. The summed E-state index contributed by atoms with van der Waals surface area (Å²) < 4.78 is 11.1. The fourth-order valence-electron chi connectivity index (χ4n) is 4.62. The number of rotatable bonds is 1. The van der Waals surface area contributed by atoms with Crippen molar-refractivity contribution in [2.75, 3.05) is 26.2 Å². The quantitative estimate of drug-likeness (QED) is 0.702. The number of benzene rings is 1. The van der Waals surface area contributed by atoms with Gasteiger partial charge in [0.25, 0.3) is 0 Å². The zero-order valence-electron chi connectivity index (χ0n) is 19.4. The first-order valence-electron chi connectivity index (χ1n) is 11.9. The molecule has 8 nitrogen and oxygen atoms in total. The molecule has 3 aliphatic heterocycles. The van der Waals surface area contributed by atoms with Crippen molar-refractivity contribution in [3.05, 3.63) is 41.0 Å². The molecule has 2 atom stereocenters. The van der Waals surface area contributed by atoms with Gasteiger partial charge in [-0.3, -0.25) is 4.79 Å². The Bertz CT molecular complexity index is 929. The summed E-state index contributed by atoms with van der Waals surface area (Å²) in [7, 11) is 0. The number of nitrogens with zero attached hydrogens (tertiary/aromatic N) is 2. The van der Waals surface area contributed by atoms with Crippen LogP contribution in [0.3, 0.4) is 0 Å². The lowest BCUT2D eigenvalue weighted by Crippen LogP contribution is -2.51. The molecular formula is C25H33N3O5. The third kappa shape index (κ3) is 5.49. The van der Waals surface area contributed by atoms with Crippen LogP contribution in [0.4, 0.5) is 9.59 Å². The van der Waals surface area contributed by atoms with Crippen LogP contribution in [-0.4, -0.2) is 66.3 Å². The van der Waals surface area contributed by atoms with Gasteiger partial charge in [-0.05, 0) is 41.9 Å². The summed E-state index contributed by atoms with van der Waals surface area (Å²) in [6, 6.07) is 5.54. The average molecular weight is 456 g/mol. The van der Waals surface area contributed by atoms with Crippen molar-refractivity contribution in [3.8, 4) is 0 Å². The van der Waals surface area contributed by atoms with Gasteiger partial charge in [0, 0.05) is 26.1 Å². The lowest BCUT2D eigenvalue weighted by Gasteiger charge is -2.30. The molecule has 0 unspecified atom stereocenters. The number of nitrogens with one attached hydrogen (secondary N) is 1. The minimum Gasteiger partial charge on any atom is -0.450 e. The van der Waals surface area contributed by atoms with Crippen LogP contribution in [0.1, 0.15) is 49.8 Å². The van der Waals surface area contributed by atoms with E-state index in [1.807, 2.05) is 19.9 Å². The van der Waals surface area contributed by atoms with E-state index in [1.54, 1.807) is 9.80 Å². The molecule has 33 heavy (non-hydrogen) atoms. The molecule has 1 aromatic rings. The van der Waals surface area contributed by atoms with Crippen LogP contribution in [0, 0.1) is 5.92 Å². The molecule has 0 saturated carbocycles. The van der Waals surface area contributed by atoms with Crippen molar-refractivity contribution in [2.45, 2.75) is 58.2 Å². The zero-order valence-corrected chi connectivity index (χ0v) is 19.4. The number of carbonyl (C=O) groups excluding carboxylic acids is 3. The van der Waals surface area contributed by atoms with Crippen LogP contribution in [-0.2, 0) is 27.2 Å². The molecule has 3 heterocycles. The van der Waals surface area contributed by atoms with Crippen LogP contribution in [0.15, 0.2) is 24.3 Å². The number of carbonyl (C=O) groups is 3. The number of alkyl carbamates (subject to hydrolysis) is 1. The molecule has 4 bridgehead atoms. The van der Waals surface area contributed by atoms with E-state index in [9.17, 15) is 14.4 Å². The van der Waals surface area contributed by atoms with Gasteiger partial charge in [0.15, 0.2) is 0 Å². The normalized spacial score (nSPS) is 25.5. The number of fused-ring (bicyclic) bond motifs is 3. The van der Waals surface area contributed by atoms with Gasteiger partial charge in [-0.25, -0.2) is 9.59 Å². The minimum atomic E-state index is -0.677. The predicted octanol–water partition coefficient (Wildman–Crippen LogP) is 3.34. The lowest BCUT2D eigenvalue weighted by atomic mass is 9.94. The lowest BCUT2D eigenvalue weighted by molar-refractivity contribution is -0.133. The second-order valence-corrected chi connectivity index (χ2v) is 9.28. The Hall–Kier alpha value is -3.03. The van der Waals surface area contributed by atoms with Crippen molar-refractivity contribution in [1.82, 2.24) is 15.1 Å². The molecule has 0 spiro atoms. The highest BCUT2D eigenvalue weighted by Crippen LogP contribution is 2.25. The van der Waals surface area contributed by atoms with E-state index in [0.717, 1.165) is 24.0 Å². The fraction of sp³-hybridized carbons (Fsp3) is 0.560. The first-order chi connectivity index (χ1) is 15.9. The van der Waals surface area contributed by atoms with E-state index < -0.39 is 12.1 Å². The van der Waals surface area contributed by atoms with Gasteiger partial charge in [-0.1, -0.05) is 44.2 Å². The monoisotopic (exact) mass is 455 g/mol. The summed E-state index contributed by atoms with van der Waals surface area (Å²) >= 11 is 0. The molecule has 3 amide bonds. The Morgan fingerprint density at radius 1 is 1.12 bits per heavy atom. The molecule has 8 heteroatoms. The van der Waals surface area contributed by atoms with Gasteiger partial charge in [0.05, 0.1) is 13.2 Å². The number of amides is 3. The van der Waals surface area contributed by atoms with Crippen LogP contribution >= 0.6 is 0 Å². The molecule has 3 aliphatic rings. The van der Waals surface area contributed by atoms with Gasteiger partial charge in [0.1, 0.15) is 12.1 Å². The van der Waals surface area contributed by atoms with E-state index in [2.05, 4.69) is 29.6 Å². The second-order valence-electron chi connectivity index (χ2n) is 9.28. The molecule has 1 saturated heterocycles. The number of cyclic esters (lactones) is 1. The van der Waals surface area contributed by atoms with E-state index in [1.165, 1.54) is 5.56 Å². The van der Waals surface area contributed by atoms with Gasteiger partial charge in [-0.15, -0.1) is 0 Å². The molecule has 178 valence electrons. The second kappa shape index (κ2) is 10.3. The topological polar surface area (TPSA) is 88.2 Å². The van der Waals surface area contributed by atoms with Crippen molar-refractivity contribution in [3.63, 3.8) is 0 Å². The summed E-state index contributed by atoms with van der Waals surface area (Å²) in [4.78, 5) is 41.7. The van der Waals surface area contributed by atoms with E-state index in [0.29, 0.717) is 39.0 Å². The molecule has 0 aromatic heterocycles. The first-order valence-corrected chi connectivity index (χ1v) is 11.9. The third-order valence-corrected chi connectivity index (χ3v) is 6.54. The summed E-state index contributed by atoms with van der Waals surface area (Å²) in [5.74, 6) is -0.261. The van der Waals surface area contributed by atoms with Gasteiger partial charge in [-0.2, -0.15) is 0 Å². The summed E-state index contributed by atoms with van der Waals surface area (Å²) in [6.07, 6.45) is 5.70. The van der Waals surface area contributed by atoms with E-state index in [-0.39, 0.29) is 30.6 Å². The maximum Gasteiger partial charge on any atom is 0.410 e. The molecular weight excluding hydrogens is 422 g/mol. The van der Waals surface area contributed by atoms with Crippen molar-refractivity contribution < 1.29 is 23.9 Å². The Morgan fingerprint density at radius 2 is 1.97 bits per heavy atom. The SMILES string of the molecule is CC(C)[C@@H]1NC(=O)OCCC/C=C/c2cccc3c2CN(CC3)C(=O)O[C@@H]2CCN(C2)C1=O. The van der Waals surface area contributed by atoms with Crippen LogP contribution in [0.5, 0.6) is 0 Å². The standard InChI is InChI=1S/C25H33N3O5/c1-17(2)22-23(29)27-13-11-20(15-27)33-25(31)28-12-10-19-9-6-8-18(21(19)16-28)7-4-3-5-14-32-24(30)26-22/h4,6-9,17,20,22H,3,5,10-16H2,1-2H3,(H,26,30)/b7-4+/t20-,22+/m1/s1. The highest BCUT2D eigenvalue weighted by molar-refractivity contribution is 5.86. The smallest absolute Gasteiger partial charge is 0.410 e.